The van der Waals surface area contributed by atoms with E-state index in [2.05, 4.69) is 0 Å². The van der Waals surface area contributed by atoms with Crippen LogP contribution in [0.2, 0.25) is 0 Å². The van der Waals surface area contributed by atoms with E-state index in [-0.39, 0.29) is 18.4 Å². The van der Waals surface area contributed by atoms with Gasteiger partial charge in [-0.2, -0.15) is 0 Å². The van der Waals surface area contributed by atoms with E-state index < -0.39 is 5.97 Å². The van der Waals surface area contributed by atoms with Gasteiger partial charge in [-0.3, -0.25) is 9.59 Å². The second-order valence-electron chi connectivity index (χ2n) is 5.33. The highest BCUT2D eigenvalue weighted by molar-refractivity contribution is 5.94. The van der Waals surface area contributed by atoms with Crippen molar-refractivity contribution in [3.05, 3.63) is 35.4 Å². The average molecular weight is 292 g/mol. The lowest BCUT2D eigenvalue weighted by atomic mass is 10.1. The van der Waals surface area contributed by atoms with Crippen LogP contribution >= 0.6 is 0 Å². The predicted octanol–water partition coefficient (Wildman–Crippen LogP) is 1.90. The lowest BCUT2D eigenvalue weighted by molar-refractivity contribution is -0.137. The Kier molecular flexibility index (Phi) is 6.88. The van der Waals surface area contributed by atoms with Gasteiger partial charge in [0.15, 0.2) is 0 Å². The van der Waals surface area contributed by atoms with E-state index in [1.165, 1.54) is 0 Å². The molecule has 0 unspecified atom stereocenters. The monoisotopic (exact) mass is 292 g/mol. The average Bonchev–Trinajstić information content (AvgIpc) is 2.43. The molecule has 5 heteroatoms. The Hall–Kier alpha value is -1.88. The molecule has 116 valence electrons. The first-order valence-electron chi connectivity index (χ1n) is 7.27. The van der Waals surface area contributed by atoms with Crippen LogP contribution in [-0.2, 0) is 11.2 Å². The molecule has 0 saturated carbocycles. The fraction of sp³-hybridized carbons (Fsp3) is 0.500. The standard InChI is InChI=1S/C16H24N2O3/c1-12(2)18(11-3-4-15(19)20)16(21)14-7-5-13(6-8-14)9-10-17/h5-8,12H,3-4,9-11,17H2,1-2H3,(H,19,20). The Balaban J connectivity index is 2.73. The second kappa shape index (κ2) is 8.42. The molecule has 1 aromatic rings. The Labute approximate surface area is 125 Å². The fourth-order valence-electron chi connectivity index (χ4n) is 2.14. The van der Waals surface area contributed by atoms with Crippen molar-refractivity contribution in [2.75, 3.05) is 13.1 Å². The van der Waals surface area contributed by atoms with E-state index in [0.29, 0.717) is 25.1 Å². The highest BCUT2D eigenvalue weighted by atomic mass is 16.4. The number of carboxylic acid groups (broad SMARTS) is 1. The number of rotatable bonds is 8. The van der Waals surface area contributed by atoms with Crippen LogP contribution in [0, 0.1) is 0 Å². The van der Waals surface area contributed by atoms with Crippen LogP contribution in [-0.4, -0.2) is 41.0 Å². The maximum atomic E-state index is 12.5. The summed E-state index contributed by atoms with van der Waals surface area (Å²) in [5.74, 6) is -0.896. The number of nitrogens with zero attached hydrogens (tertiary/aromatic N) is 1. The Morgan fingerprint density at radius 2 is 1.86 bits per heavy atom. The van der Waals surface area contributed by atoms with Gasteiger partial charge in [0.05, 0.1) is 0 Å². The number of nitrogens with two attached hydrogens (primary N) is 1. The summed E-state index contributed by atoms with van der Waals surface area (Å²) in [4.78, 5) is 24.8. The zero-order valence-electron chi connectivity index (χ0n) is 12.7. The van der Waals surface area contributed by atoms with Gasteiger partial charge in [-0.15, -0.1) is 0 Å². The van der Waals surface area contributed by atoms with Crippen LogP contribution in [0.4, 0.5) is 0 Å². The first kappa shape index (κ1) is 17.2. The van der Waals surface area contributed by atoms with Gasteiger partial charge < -0.3 is 15.7 Å². The van der Waals surface area contributed by atoms with E-state index in [9.17, 15) is 9.59 Å². The van der Waals surface area contributed by atoms with Crippen molar-refractivity contribution in [1.82, 2.24) is 4.90 Å². The van der Waals surface area contributed by atoms with Crippen LogP contribution < -0.4 is 5.73 Å². The molecule has 0 heterocycles. The smallest absolute Gasteiger partial charge is 0.303 e. The molecule has 0 radical (unpaired) electrons. The molecular weight excluding hydrogens is 268 g/mol. The number of hydrogen-bond donors (Lipinski definition) is 2. The van der Waals surface area contributed by atoms with Gasteiger partial charge in [0.1, 0.15) is 0 Å². The maximum Gasteiger partial charge on any atom is 0.303 e. The number of amides is 1. The van der Waals surface area contributed by atoms with Crippen molar-refractivity contribution >= 4 is 11.9 Å². The minimum atomic E-state index is -0.836. The summed E-state index contributed by atoms with van der Waals surface area (Å²) in [5, 5.41) is 8.69. The molecule has 5 nitrogen and oxygen atoms in total. The van der Waals surface area contributed by atoms with Crippen molar-refractivity contribution < 1.29 is 14.7 Å². The van der Waals surface area contributed by atoms with Gasteiger partial charge in [0.2, 0.25) is 0 Å². The molecule has 3 N–H and O–H groups in total. The van der Waals surface area contributed by atoms with E-state index >= 15 is 0 Å². The largest absolute Gasteiger partial charge is 0.481 e. The minimum Gasteiger partial charge on any atom is -0.481 e. The van der Waals surface area contributed by atoms with Crippen molar-refractivity contribution in [3.63, 3.8) is 0 Å². The summed E-state index contributed by atoms with van der Waals surface area (Å²) in [6, 6.07) is 7.47. The zero-order chi connectivity index (χ0) is 15.8. The zero-order valence-corrected chi connectivity index (χ0v) is 12.7. The van der Waals surface area contributed by atoms with Crippen LogP contribution in [0.15, 0.2) is 24.3 Å². The second-order valence-corrected chi connectivity index (χ2v) is 5.33. The molecule has 1 amide bonds. The molecular formula is C16H24N2O3. The van der Waals surface area contributed by atoms with E-state index in [1.807, 2.05) is 26.0 Å². The van der Waals surface area contributed by atoms with Gasteiger partial charge in [0, 0.05) is 24.6 Å². The third kappa shape index (κ3) is 5.55. The number of carboxylic acids is 1. The summed E-state index contributed by atoms with van der Waals surface area (Å²) in [6.45, 7) is 4.90. The van der Waals surface area contributed by atoms with E-state index in [0.717, 1.165) is 12.0 Å². The highest BCUT2D eigenvalue weighted by Crippen LogP contribution is 2.12. The molecule has 1 aromatic carbocycles. The quantitative estimate of drug-likeness (QED) is 0.766. The Morgan fingerprint density at radius 3 is 2.33 bits per heavy atom. The summed E-state index contributed by atoms with van der Waals surface area (Å²) in [6.07, 6.45) is 1.33. The fourth-order valence-corrected chi connectivity index (χ4v) is 2.14. The summed E-state index contributed by atoms with van der Waals surface area (Å²) < 4.78 is 0. The number of aliphatic carboxylic acids is 1. The van der Waals surface area contributed by atoms with Crippen LogP contribution in [0.3, 0.4) is 0 Å². The molecule has 0 aliphatic heterocycles. The van der Waals surface area contributed by atoms with Crippen LogP contribution in [0.5, 0.6) is 0 Å². The Morgan fingerprint density at radius 1 is 1.24 bits per heavy atom. The minimum absolute atomic E-state index is 0.0370. The van der Waals surface area contributed by atoms with Gasteiger partial charge in [0.25, 0.3) is 5.91 Å². The highest BCUT2D eigenvalue weighted by Gasteiger charge is 2.18. The first-order valence-corrected chi connectivity index (χ1v) is 7.27. The normalized spacial score (nSPS) is 10.7. The van der Waals surface area contributed by atoms with Gasteiger partial charge >= 0.3 is 5.97 Å². The van der Waals surface area contributed by atoms with E-state index in [1.54, 1.807) is 17.0 Å². The molecule has 1 rings (SSSR count). The molecule has 0 aliphatic rings. The molecule has 0 saturated heterocycles. The molecule has 0 aliphatic carbocycles. The molecule has 0 fully saturated rings. The van der Waals surface area contributed by atoms with Crippen LogP contribution in [0.25, 0.3) is 0 Å². The van der Waals surface area contributed by atoms with Crippen LogP contribution in [0.1, 0.15) is 42.6 Å². The van der Waals surface area contributed by atoms with Gasteiger partial charge in [-0.1, -0.05) is 12.1 Å². The SMILES string of the molecule is CC(C)N(CCCC(=O)O)C(=O)c1ccc(CCN)cc1. The summed E-state index contributed by atoms with van der Waals surface area (Å²) in [7, 11) is 0. The lowest BCUT2D eigenvalue weighted by Gasteiger charge is -2.26. The topological polar surface area (TPSA) is 83.6 Å². The number of hydrogen-bond acceptors (Lipinski definition) is 3. The lowest BCUT2D eigenvalue weighted by Crippen LogP contribution is -2.37. The molecule has 0 atom stereocenters. The number of carbonyl (C=O) groups excluding carboxylic acids is 1. The third-order valence-corrected chi connectivity index (χ3v) is 3.31. The predicted molar refractivity (Wildman–Crippen MR) is 82.2 cm³/mol. The maximum absolute atomic E-state index is 12.5. The number of benzene rings is 1. The van der Waals surface area contributed by atoms with E-state index in [4.69, 9.17) is 10.8 Å². The van der Waals surface area contributed by atoms with Gasteiger partial charge in [-0.05, 0) is 50.9 Å². The van der Waals surface area contributed by atoms with Crippen molar-refractivity contribution in [1.29, 1.82) is 0 Å². The molecule has 21 heavy (non-hydrogen) atoms. The van der Waals surface area contributed by atoms with Gasteiger partial charge in [-0.25, -0.2) is 0 Å². The van der Waals surface area contributed by atoms with Crippen molar-refractivity contribution in [2.45, 2.75) is 39.2 Å². The molecule has 0 bridgehead atoms. The first-order chi connectivity index (χ1) is 9.95. The Bertz CT molecular complexity index is 469. The third-order valence-electron chi connectivity index (χ3n) is 3.31. The molecule has 0 aromatic heterocycles. The summed E-state index contributed by atoms with van der Waals surface area (Å²) in [5.41, 5.74) is 7.23. The van der Waals surface area contributed by atoms with Crippen molar-refractivity contribution in [2.24, 2.45) is 5.73 Å². The number of carbonyl (C=O) groups is 2. The van der Waals surface area contributed by atoms with Crippen molar-refractivity contribution in [3.8, 4) is 0 Å². The molecule has 0 spiro atoms. The summed E-state index contributed by atoms with van der Waals surface area (Å²) >= 11 is 0.